The summed E-state index contributed by atoms with van der Waals surface area (Å²) < 4.78 is 6.33. The van der Waals surface area contributed by atoms with Crippen LogP contribution in [0.15, 0.2) is 30.3 Å². The van der Waals surface area contributed by atoms with Gasteiger partial charge in [-0.1, -0.05) is 51.1 Å². The lowest BCUT2D eigenvalue weighted by atomic mass is 9.70. The SMILES string of the molecule is CC1(C)[C@H]2CC[C@@]1(C)[C@H](OCC[C@@H](O)CN1CCN(Cc3ccccc3)CC1)C2. The van der Waals surface area contributed by atoms with E-state index in [1.807, 2.05) is 0 Å². The van der Waals surface area contributed by atoms with Gasteiger partial charge in [0.2, 0.25) is 0 Å². The van der Waals surface area contributed by atoms with E-state index >= 15 is 0 Å². The second-order valence-corrected chi connectivity index (χ2v) is 10.5. The number of fused-ring (bicyclic) bond motifs is 2. The highest BCUT2D eigenvalue weighted by atomic mass is 16.5. The highest BCUT2D eigenvalue weighted by molar-refractivity contribution is 5.14. The van der Waals surface area contributed by atoms with Crippen LogP contribution in [0.1, 0.15) is 52.0 Å². The van der Waals surface area contributed by atoms with Crippen molar-refractivity contribution in [1.82, 2.24) is 9.80 Å². The third-order valence-electron chi connectivity index (χ3n) is 8.67. The Bertz CT molecular complexity index is 656. The molecule has 2 bridgehead atoms. The number of hydrogen-bond acceptors (Lipinski definition) is 4. The van der Waals surface area contributed by atoms with Gasteiger partial charge < -0.3 is 9.84 Å². The van der Waals surface area contributed by atoms with E-state index < -0.39 is 0 Å². The maximum atomic E-state index is 10.5. The summed E-state index contributed by atoms with van der Waals surface area (Å²) in [6.45, 7) is 14.0. The van der Waals surface area contributed by atoms with Crippen LogP contribution in [0.4, 0.5) is 0 Å². The summed E-state index contributed by atoms with van der Waals surface area (Å²) in [5.41, 5.74) is 2.10. The van der Waals surface area contributed by atoms with Crippen molar-refractivity contribution in [2.45, 2.75) is 65.2 Å². The Morgan fingerprint density at radius 1 is 1.07 bits per heavy atom. The highest BCUT2D eigenvalue weighted by Gasteiger charge is 2.61. The van der Waals surface area contributed by atoms with Gasteiger partial charge in [-0.05, 0) is 48.0 Å². The molecule has 3 aliphatic rings. The summed E-state index contributed by atoms with van der Waals surface area (Å²) in [7, 11) is 0. The van der Waals surface area contributed by atoms with E-state index in [1.54, 1.807) is 0 Å². The van der Waals surface area contributed by atoms with Crippen LogP contribution in [0.2, 0.25) is 0 Å². The third-order valence-corrected chi connectivity index (χ3v) is 8.67. The van der Waals surface area contributed by atoms with Gasteiger partial charge in [0, 0.05) is 45.9 Å². The molecule has 1 heterocycles. The number of aliphatic hydroxyl groups excluding tert-OH is 1. The van der Waals surface area contributed by atoms with Gasteiger partial charge in [0.15, 0.2) is 0 Å². The predicted molar refractivity (Wildman–Crippen MR) is 118 cm³/mol. The Hall–Kier alpha value is -0.940. The zero-order chi connectivity index (χ0) is 20.5. The molecule has 1 aromatic carbocycles. The van der Waals surface area contributed by atoms with E-state index in [2.05, 4.69) is 60.9 Å². The van der Waals surface area contributed by atoms with E-state index in [9.17, 15) is 5.11 Å². The van der Waals surface area contributed by atoms with Crippen LogP contribution < -0.4 is 0 Å². The number of ether oxygens (including phenoxy) is 1. The van der Waals surface area contributed by atoms with Crippen LogP contribution in [-0.2, 0) is 11.3 Å². The molecule has 0 spiro atoms. The largest absolute Gasteiger partial charge is 0.392 e. The number of piperazine rings is 1. The van der Waals surface area contributed by atoms with Gasteiger partial charge in [-0.2, -0.15) is 0 Å². The molecule has 0 unspecified atom stereocenters. The summed E-state index contributed by atoms with van der Waals surface area (Å²) in [4.78, 5) is 4.92. The molecule has 0 aromatic heterocycles. The Morgan fingerprint density at radius 2 is 1.76 bits per heavy atom. The van der Waals surface area contributed by atoms with Crippen LogP contribution in [0.3, 0.4) is 0 Å². The second kappa shape index (κ2) is 8.66. The maximum absolute atomic E-state index is 10.5. The molecule has 4 nitrogen and oxygen atoms in total. The van der Waals surface area contributed by atoms with Gasteiger partial charge in [-0.25, -0.2) is 0 Å². The van der Waals surface area contributed by atoms with E-state index in [-0.39, 0.29) is 6.10 Å². The quantitative estimate of drug-likeness (QED) is 0.720. The van der Waals surface area contributed by atoms with Crippen molar-refractivity contribution in [3.63, 3.8) is 0 Å². The van der Waals surface area contributed by atoms with Crippen molar-refractivity contribution in [1.29, 1.82) is 0 Å². The molecular formula is C25H40N2O2. The number of nitrogens with zero attached hydrogens (tertiary/aromatic N) is 2. The van der Waals surface area contributed by atoms with Gasteiger partial charge in [-0.15, -0.1) is 0 Å². The lowest BCUT2D eigenvalue weighted by Gasteiger charge is -2.39. The minimum Gasteiger partial charge on any atom is -0.392 e. The first-order valence-electron chi connectivity index (χ1n) is 11.7. The molecule has 0 amide bonds. The zero-order valence-electron chi connectivity index (χ0n) is 18.6. The third kappa shape index (κ3) is 4.41. The molecule has 29 heavy (non-hydrogen) atoms. The summed E-state index contributed by atoms with van der Waals surface area (Å²) in [6, 6.07) is 10.7. The molecular weight excluding hydrogens is 360 g/mol. The summed E-state index contributed by atoms with van der Waals surface area (Å²) in [5.74, 6) is 0.814. The fourth-order valence-electron chi connectivity index (χ4n) is 6.09. The minimum atomic E-state index is -0.282. The Morgan fingerprint density at radius 3 is 2.38 bits per heavy atom. The highest BCUT2D eigenvalue weighted by Crippen LogP contribution is 2.66. The van der Waals surface area contributed by atoms with Gasteiger partial charge in [0.25, 0.3) is 0 Å². The van der Waals surface area contributed by atoms with Crippen molar-refractivity contribution in [2.75, 3.05) is 39.3 Å². The minimum absolute atomic E-state index is 0.282. The van der Waals surface area contributed by atoms with Crippen molar-refractivity contribution >= 4 is 0 Å². The first kappa shape index (κ1) is 21.3. The van der Waals surface area contributed by atoms with Crippen molar-refractivity contribution in [2.24, 2.45) is 16.7 Å². The van der Waals surface area contributed by atoms with Crippen molar-refractivity contribution in [3.8, 4) is 0 Å². The zero-order valence-corrected chi connectivity index (χ0v) is 18.6. The Balaban J connectivity index is 1.14. The lowest BCUT2D eigenvalue weighted by Crippen LogP contribution is -2.48. The van der Waals surface area contributed by atoms with Crippen LogP contribution in [-0.4, -0.2) is 66.4 Å². The molecule has 1 aliphatic heterocycles. The van der Waals surface area contributed by atoms with Gasteiger partial charge in [0.05, 0.1) is 12.2 Å². The van der Waals surface area contributed by atoms with Crippen LogP contribution in [0.25, 0.3) is 0 Å². The molecule has 1 N–H and O–H groups in total. The van der Waals surface area contributed by atoms with E-state index in [0.29, 0.717) is 23.5 Å². The Labute approximate surface area is 177 Å². The standard InChI is InChI=1S/C25H40N2O2/c1-24(2)21-9-11-25(24,3)23(17-21)29-16-10-22(28)19-27-14-12-26(13-15-27)18-20-7-5-4-6-8-20/h4-8,21-23,28H,9-19H2,1-3H3/t21-,22+,23+,25-/m0/s1. The molecule has 1 saturated heterocycles. The molecule has 4 heteroatoms. The summed E-state index contributed by atoms with van der Waals surface area (Å²) in [5, 5.41) is 10.5. The molecule has 2 saturated carbocycles. The van der Waals surface area contributed by atoms with Crippen LogP contribution in [0.5, 0.6) is 0 Å². The van der Waals surface area contributed by atoms with Crippen molar-refractivity contribution in [3.05, 3.63) is 35.9 Å². The molecule has 3 fully saturated rings. The molecule has 4 atom stereocenters. The number of hydrogen-bond donors (Lipinski definition) is 1. The van der Waals surface area contributed by atoms with Crippen molar-refractivity contribution < 1.29 is 9.84 Å². The molecule has 162 valence electrons. The fraction of sp³-hybridized carbons (Fsp3) is 0.760. The molecule has 1 aromatic rings. The smallest absolute Gasteiger partial charge is 0.0689 e. The second-order valence-electron chi connectivity index (χ2n) is 10.5. The van der Waals surface area contributed by atoms with Gasteiger partial charge in [-0.3, -0.25) is 9.80 Å². The molecule has 0 radical (unpaired) electrons. The van der Waals surface area contributed by atoms with E-state index in [0.717, 1.165) is 51.6 Å². The number of β-amino-alcohol motifs (C(OH)–C–C–N with tert-alkyl or cyclic N) is 1. The maximum Gasteiger partial charge on any atom is 0.0689 e. The molecule has 4 rings (SSSR count). The monoisotopic (exact) mass is 400 g/mol. The lowest BCUT2D eigenvalue weighted by molar-refractivity contribution is -0.0570. The predicted octanol–water partition coefficient (Wildman–Crippen LogP) is 3.79. The summed E-state index contributed by atoms with van der Waals surface area (Å²) in [6.07, 6.45) is 4.72. The number of aliphatic hydroxyl groups is 1. The normalized spacial score (nSPS) is 33.2. The molecule has 2 aliphatic carbocycles. The number of rotatable bonds is 8. The first-order valence-corrected chi connectivity index (χ1v) is 11.7. The van der Waals surface area contributed by atoms with E-state index in [4.69, 9.17) is 4.74 Å². The average Bonchev–Trinajstić information content (AvgIpc) is 3.04. The average molecular weight is 401 g/mol. The summed E-state index contributed by atoms with van der Waals surface area (Å²) >= 11 is 0. The fourth-order valence-corrected chi connectivity index (χ4v) is 6.09. The van der Waals surface area contributed by atoms with Gasteiger partial charge in [0.1, 0.15) is 0 Å². The Kier molecular flexibility index (Phi) is 6.36. The van der Waals surface area contributed by atoms with Gasteiger partial charge >= 0.3 is 0 Å². The topological polar surface area (TPSA) is 35.9 Å². The first-order chi connectivity index (χ1) is 13.9. The van der Waals surface area contributed by atoms with Crippen LogP contribution >= 0.6 is 0 Å². The van der Waals surface area contributed by atoms with Crippen LogP contribution in [0, 0.1) is 16.7 Å². The number of benzene rings is 1. The van der Waals surface area contributed by atoms with E-state index in [1.165, 1.54) is 24.8 Å².